The Morgan fingerprint density at radius 1 is 0.329 bits per heavy atom. The van der Waals surface area contributed by atoms with Crippen LogP contribution >= 0.6 is 0 Å². The molecule has 0 fully saturated rings. The molecule has 0 bridgehead atoms. The maximum absolute atomic E-state index is 11.3. The monoisotopic (exact) mass is 1190 g/mol. The first-order chi connectivity index (χ1) is 38.8. The van der Waals surface area contributed by atoms with Crippen molar-refractivity contribution in [3.63, 3.8) is 0 Å². The van der Waals surface area contributed by atoms with Gasteiger partial charge in [-0.25, -0.2) is 15.0 Å². The molecule has 22 heteroatoms. The Hall–Kier alpha value is -10.4. The minimum Gasteiger partial charge on any atom is -0.546 e. The number of aromatic nitrogens is 6. The van der Waals surface area contributed by atoms with Gasteiger partial charge >= 0.3 is 21.1 Å². The molecule has 82 heavy (non-hydrogen) atoms. The van der Waals surface area contributed by atoms with Crippen LogP contribution in [-0.4, -0.2) is 81.0 Å². The first kappa shape index (κ1) is 65.8. The van der Waals surface area contributed by atoms with Crippen LogP contribution in [0.1, 0.15) is 50.5 Å². The van der Waals surface area contributed by atoms with Gasteiger partial charge in [0.15, 0.2) is 16.8 Å². The van der Waals surface area contributed by atoms with Crippen molar-refractivity contribution in [3.8, 4) is 0 Å². The van der Waals surface area contributed by atoms with Crippen molar-refractivity contribution in [2.75, 3.05) is 0 Å². The molecule has 9 aromatic rings. The van der Waals surface area contributed by atoms with Crippen molar-refractivity contribution in [1.29, 1.82) is 0 Å². The Balaban J connectivity index is 0.000000262. The summed E-state index contributed by atoms with van der Waals surface area (Å²) in [7, 11) is 0. The number of hydrogen-bond donors (Lipinski definition) is 6. The maximum Gasteiger partial charge on any atom is 6.00 e. The van der Waals surface area contributed by atoms with Gasteiger partial charge in [-0.05, 0) is 69.8 Å². The fraction of sp³-hybridized carbons (Fsp3) is 0.0500. The van der Waals surface area contributed by atoms with Crippen molar-refractivity contribution in [1.82, 2.24) is 29.9 Å². The molecule has 6 aromatic carbocycles. The molecule has 3 heterocycles. The maximum atomic E-state index is 11.3. The normalized spacial score (nSPS) is 10.7. The number of aliphatic hydroxyl groups is 3. The second-order valence-corrected chi connectivity index (χ2v) is 16.1. The van der Waals surface area contributed by atoms with Crippen molar-refractivity contribution >= 4 is 54.0 Å². The molecule has 0 radical (unpaired) electrons. The van der Waals surface area contributed by atoms with Crippen molar-refractivity contribution < 1.29 is 95.8 Å². The zero-order valence-corrected chi connectivity index (χ0v) is 44.7. The van der Waals surface area contributed by atoms with Crippen LogP contribution in [0.15, 0.2) is 238 Å². The summed E-state index contributed by atoms with van der Waals surface area (Å²) in [6, 6.07) is 49.3. The van der Waals surface area contributed by atoms with Gasteiger partial charge in [-0.3, -0.25) is 0 Å². The van der Waals surface area contributed by atoms with Crippen molar-refractivity contribution in [2.24, 2.45) is 0 Å². The number of carboxylic acids is 6. The number of carboxylic acid groups (broad SMARTS) is 6. The van der Waals surface area contributed by atoms with Crippen LogP contribution in [0.2, 0.25) is 0 Å². The molecule has 0 aliphatic carbocycles. The summed E-state index contributed by atoms with van der Waals surface area (Å²) >= 11 is 0. The van der Waals surface area contributed by atoms with Gasteiger partial charge < -0.3 is 89.7 Å². The van der Waals surface area contributed by atoms with E-state index >= 15 is 0 Å². The number of H-pyrrole nitrogens is 3. The van der Waals surface area contributed by atoms with E-state index in [1.807, 2.05) is 0 Å². The van der Waals surface area contributed by atoms with Gasteiger partial charge in [-0.15, -0.1) is 0 Å². The molecule has 0 aliphatic rings. The predicted octanol–water partition coefficient (Wildman–Crippen LogP) is -0.467. The summed E-state index contributed by atoms with van der Waals surface area (Å²) in [5, 5.41) is 94.5. The topological polar surface area (TPSA) is 388 Å². The average molecular weight is 1190 g/mol. The molecule has 3 aromatic heterocycles. The number of rotatable bonds is 15. The first-order valence-electron chi connectivity index (χ1n) is 23.6. The molecular formula is C60H48MoN6O15. The summed E-state index contributed by atoms with van der Waals surface area (Å²) in [5.74, 6) is -8.26. The van der Waals surface area contributed by atoms with Crippen LogP contribution in [0.3, 0.4) is 0 Å². The van der Waals surface area contributed by atoms with Gasteiger partial charge in [-0.2, -0.15) is 0 Å². The van der Waals surface area contributed by atoms with Gasteiger partial charge in [0.25, 0.3) is 0 Å². The Morgan fingerprint density at radius 3 is 0.622 bits per heavy atom. The third-order valence-electron chi connectivity index (χ3n) is 10.8. The molecule has 0 amide bonds. The second kappa shape index (κ2) is 33.8. The van der Waals surface area contributed by atoms with Crippen molar-refractivity contribution in [3.05, 3.63) is 288 Å². The molecule has 0 atom stereocenters. The van der Waals surface area contributed by atoms with Crippen LogP contribution in [0.4, 0.5) is 0 Å². The number of nitrogens with zero attached hydrogens (tertiary/aromatic N) is 3. The number of aliphatic carboxylic acids is 6. The number of nitrogens with one attached hydrogen (secondary N) is 3. The zero-order chi connectivity index (χ0) is 59.1. The summed E-state index contributed by atoms with van der Waals surface area (Å²) in [6.45, 7) is 0. The second-order valence-electron chi connectivity index (χ2n) is 16.1. The van der Waals surface area contributed by atoms with Gasteiger partial charge in [0, 0.05) is 18.6 Å². The van der Waals surface area contributed by atoms with E-state index < -0.39 is 52.6 Å². The number of hydrogen-bond acceptors (Lipinski definition) is 18. The number of aromatic amines is 3. The Kier molecular flexibility index (Phi) is 27.1. The molecule has 6 N–H and O–H groups in total. The molecule has 0 saturated carbocycles. The molecular weight excluding hydrogens is 1140 g/mol. The number of imidazole rings is 3. The largest absolute Gasteiger partial charge is 6.00 e. The Labute approximate surface area is 482 Å². The van der Waals surface area contributed by atoms with Crippen LogP contribution in [0.25, 0.3) is 18.2 Å². The van der Waals surface area contributed by atoms with E-state index in [9.17, 15) is 74.7 Å². The first-order valence-corrected chi connectivity index (χ1v) is 23.6. The molecule has 9 rings (SSSR count). The van der Waals surface area contributed by atoms with Gasteiger partial charge in [-0.1, -0.05) is 182 Å². The van der Waals surface area contributed by atoms with Crippen LogP contribution < -0.4 is 30.6 Å². The standard InChI is InChI=1S/3C14H12O3.3C6H6N2O2.Mo/c3*15-13(16)14(17,11-7-3-1-4-8-11)12-9-5-2-6-10-12;3*9-6(10)2-1-5-3-7-4-8-5;/h3*1-10,17H,(H,15,16);3*1-4H,(H,7,8)(H,9,10);/q;;;;;;+6/p-6. The summed E-state index contributed by atoms with van der Waals surface area (Å²) in [5.41, 5.74) is -2.90. The van der Waals surface area contributed by atoms with Crippen molar-refractivity contribution in [2.45, 2.75) is 16.8 Å². The number of carbonyl (C=O) groups excluding carboxylic acids is 6. The number of benzene rings is 6. The van der Waals surface area contributed by atoms with Crippen LogP contribution in [0, 0.1) is 0 Å². The molecule has 0 saturated heterocycles. The minimum absolute atomic E-state index is 0. The average Bonchev–Trinajstić information content (AvgIpc) is 4.46. The third-order valence-corrected chi connectivity index (χ3v) is 10.8. The summed E-state index contributed by atoms with van der Waals surface area (Å²) < 4.78 is 0. The van der Waals surface area contributed by atoms with E-state index in [1.54, 1.807) is 201 Å². The summed E-state index contributed by atoms with van der Waals surface area (Å²) in [6.07, 6.45) is 16.0. The molecule has 0 spiro atoms. The molecule has 21 nitrogen and oxygen atoms in total. The van der Waals surface area contributed by atoms with E-state index in [1.165, 1.54) is 37.2 Å². The van der Waals surface area contributed by atoms with Gasteiger partial charge in [0.2, 0.25) is 0 Å². The summed E-state index contributed by atoms with van der Waals surface area (Å²) in [4.78, 5) is 82.7. The number of carbonyl (C=O) groups is 6. The minimum atomic E-state index is -2.11. The Bertz CT molecular complexity index is 2930. The van der Waals surface area contributed by atoms with Crippen LogP contribution in [-0.2, 0) is 66.6 Å². The van der Waals surface area contributed by atoms with E-state index in [4.69, 9.17) is 0 Å². The van der Waals surface area contributed by atoms with Gasteiger partial charge in [0.05, 0.1) is 71.9 Å². The van der Waals surface area contributed by atoms with E-state index in [2.05, 4.69) is 29.9 Å². The van der Waals surface area contributed by atoms with E-state index in [-0.39, 0.29) is 54.4 Å². The fourth-order valence-corrected chi connectivity index (χ4v) is 6.83. The zero-order valence-electron chi connectivity index (χ0n) is 42.7. The quantitative estimate of drug-likeness (QED) is 0.0558. The van der Waals surface area contributed by atoms with Crippen LogP contribution in [0.5, 0.6) is 0 Å². The fourth-order valence-electron chi connectivity index (χ4n) is 6.83. The third kappa shape index (κ3) is 20.1. The molecule has 414 valence electrons. The van der Waals surface area contributed by atoms with Gasteiger partial charge in [0.1, 0.15) is 0 Å². The Morgan fingerprint density at radius 2 is 0.500 bits per heavy atom. The van der Waals surface area contributed by atoms with E-state index in [0.717, 1.165) is 18.2 Å². The predicted molar refractivity (Wildman–Crippen MR) is 281 cm³/mol. The molecule has 0 unspecified atom stereocenters. The van der Waals surface area contributed by atoms with E-state index in [0.29, 0.717) is 17.1 Å². The smallest absolute Gasteiger partial charge is 0.546 e. The molecule has 0 aliphatic heterocycles. The SMILES string of the molecule is O=C([O-])C(O)(c1ccccc1)c1ccccc1.O=C([O-])C(O)(c1ccccc1)c1ccccc1.O=C([O-])C(O)(c1ccccc1)c1ccccc1.O=C([O-])C=Cc1c[nH]cn1.O=C([O-])C=Cc1c[nH]cn1.O=C([O-])C=Cc1c[nH]cn1.[Mo+6].